The average Bonchev–Trinajstić information content (AvgIpc) is 3.26. The first-order valence-electron chi connectivity index (χ1n) is 8.25. The van der Waals surface area contributed by atoms with Crippen molar-refractivity contribution in [2.24, 2.45) is 5.10 Å². The van der Waals surface area contributed by atoms with Gasteiger partial charge in [0.25, 0.3) is 5.91 Å². The molecule has 0 unspecified atom stereocenters. The summed E-state index contributed by atoms with van der Waals surface area (Å²) in [5.74, 6) is 1.32. The van der Waals surface area contributed by atoms with Crippen molar-refractivity contribution in [2.75, 3.05) is 7.11 Å². The number of ether oxygens (including phenoxy) is 1. The molecule has 134 valence electrons. The minimum absolute atomic E-state index is 0.270. The number of nitrogens with zero attached hydrogens (tertiary/aromatic N) is 2. The summed E-state index contributed by atoms with van der Waals surface area (Å²) in [5, 5.41) is 4.08. The van der Waals surface area contributed by atoms with Crippen LogP contribution in [-0.4, -0.2) is 23.8 Å². The predicted octanol–water partition coefficient (Wildman–Crippen LogP) is 3.52. The first kappa shape index (κ1) is 17.5. The van der Waals surface area contributed by atoms with Crippen molar-refractivity contribution in [1.29, 1.82) is 0 Å². The van der Waals surface area contributed by atoms with E-state index in [9.17, 15) is 4.79 Å². The Morgan fingerprint density at radius 2 is 2.04 bits per heavy atom. The van der Waals surface area contributed by atoms with E-state index in [-0.39, 0.29) is 5.91 Å². The Morgan fingerprint density at radius 3 is 2.69 bits per heavy atom. The van der Waals surface area contributed by atoms with E-state index < -0.39 is 0 Å². The predicted molar refractivity (Wildman–Crippen MR) is 99.8 cm³/mol. The van der Waals surface area contributed by atoms with Gasteiger partial charge in [-0.2, -0.15) is 5.10 Å². The molecular formula is C20H21N3O3. The lowest BCUT2D eigenvalue weighted by molar-refractivity contribution is 0.0955. The Kier molecular flexibility index (Phi) is 5.22. The molecule has 1 N–H and O–H groups in total. The molecule has 3 rings (SSSR count). The number of nitrogens with one attached hydrogen (secondary N) is 1. The van der Waals surface area contributed by atoms with Crippen molar-refractivity contribution in [3.63, 3.8) is 0 Å². The summed E-state index contributed by atoms with van der Waals surface area (Å²) in [6.07, 6.45) is 3.32. The summed E-state index contributed by atoms with van der Waals surface area (Å²) in [6, 6.07) is 12.7. The number of furan rings is 1. The zero-order valence-electron chi connectivity index (χ0n) is 15.0. The van der Waals surface area contributed by atoms with Crippen molar-refractivity contribution in [1.82, 2.24) is 9.99 Å². The van der Waals surface area contributed by atoms with Gasteiger partial charge in [0, 0.05) is 22.5 Å². The number of amides is 1. The van der Waals surface area contributed by atoms with E-state index in [2.05, 4.69) is 15.1 Å². The smallest absolute Gasteiger partial charge is 0.271 e. The Morgan fingerprint density at radius 1 is 1.27 bits per heavy atom. The largest absolute Gasteiger partial charge is 0.497 e. The van der Waals surface area contributed by atoms with Crippen LogP contribution in [0.25, 0.3) is 0 Å². The summed E-state index contributed by atoms with van der Waals surface area (Å²) >= 11 is 0. The van der Waals surface area contributed by atoms with Gasteiger partial charge in [-0.25, -0.2) is 5.43 Å². The van der Waals surface area contributed by atoms with Crippen molar-refractivity contribution in [2.45, 2.75) is 20.4 Å². The fourth-order valence-corrected chi connectivity index (χ4v) is 2.73. The van der Waals surface area contributed by atoms with Crippen molar-refractivity contribution in [3.05, 3.63) is 77.0 Å². The molecule has 0 saturated carbocycles. The van der Waals surface area contributed by atoms with E-state index in [1.165, 1.54) is 0 Å². The highest BCUT2D eigenvalue weighted by Crippen LogP contribution is 2.16. The lowest BCUT2D eigenvalue weighted by Crippen LogP contribution is -2.17. The third kappa shape index (κ3) is 3.85. The van der Waals surface area contributed by atoms with E-state index in [0.29, 0.717) is 17.9 Å². The highest BCUT2D eigenvalue weighted by atomic mass is 16.5. The first-order valence-corrected chi connectivity index (χ1v) is 8.25. The Bertz CT molecular complexity index is 907. The normalized spacial score (nSPS) is 11.0. The van der Waals surface area contributed by atoms with Crippen LogP contribution in [-0.2, 0) is 6.54 Å². The highest BCUT2D eigenvalue weighted by Gasteiger charge is 2.09. The van der Waals surface area contributed by atoms with Crippen LogP contribution in [0.1, 0.15) is 33.1 Å². The number of hydrazone groups is 1. The molecule has 6 heteroatoms. The van der Waals surface area contributed by atoms with Crippen molar-refractivity contribution >= 4 is 12.1 Å². The molecule has 0 aliphatic rings. The van der Waals surface area contributed by atoms with Gasteiger partial charge in [-0.15, -0.1) is 0 Å². The molecular weight excluding hydrogens is 330 g/mol. The van der Waals surface area contributed by atoms with Crippen LogP contribution in [0.3, 0.4) is 0 Å². The van der Waals surface area contributed by atoms with Crippen molar-refractivity contribution in [3.8, 4) is 5.75 Å². The van der Waals surface area contributed by atoms with Gasteiger partial charge in [0.2, 0.25) is 0 Å². The summed E-state index contributed by atoms with van der Waals surface area (Å²) in [5.41, 5.74) is 6.17. The summed E-state index contributed by atoms with van der Waals surface area (Å²) in [4.78, 5) is 12.1. The molecule has 0 aliphatic carbocycles. The number of aromatic nitrogens is 1. The van der Waals surface area contributed by atoms with Crippen LogP contribution in [0.5, 0.6) is 5.75 Å². The minimum atomic E-state index is -0.270. The molecule has 0 saturated heterocycles. The molecule has 2 heterocycles. The topological polar surface area (TPSA) is 68.8 Å². The van der Waals surface area contributed by atoms with E-state index in [1.807, 2.05) is 32.0 Å². The fourth-order valence-electron chi connectivity index (χ4n) is 2.73. The lowest BCUT2D eigenvalue weighted by atomic mass is 10.2. The van der Waals surface area contributed by atoms with Crippen molar-refractivity contribution < 1.29 is 13.9 Å². The molecule has 0 aliphatic heterocycles. The van der Waals surface area contributed by atoms with E-state index in [1.54, 1.807) is 43.9 Å². The zero-order chi connectivity index (χ0) is 18.5. The average molecular weight is 351 g/mol. The maximum absolute atomic E-state index is 12.1. The van der Waals surface area contributed by atoms with Gasteiger partial charge in [-0.1, -0.05) is 0 Å². The summed E-state index contributed by atoms with van der Waals surface area (Å²) < 4.78 is 12.6. The molecule has 0 bridgehead atoms. The van der Waals surface area contributed by atoms with Gasteiger partial charge >= 0.3 is 0 Å². The van der Waals surface area contributed by atoms with Crippen LogP contribution in [0.4, 0.5) is 0 Å². The second-order valence-corrected chi connectivity index (χ2v) is 5.92. The molecule has 6 nitrogen and oxygen atoms in total. The maximum Gasteiger partial charge on any atom is 0.271 e. The van der Waals surface area contributed by atoms with Crippen LogP contribution in [0.2, 0.25) is 0 Å². The number of carbonyl (C=O) groups is 1. The van der Waals surface area contributed by atoms with Gasteiger partial charge in [-0.05, 0) is 56.3 Å². The molecule has 2 aromatic heterocycles. The second kappa shape index (κ2) is 7.74. The fraction of sp³-hybridized carbons (Fsp3) is 0.200. The number of rotatable bonds is 6. The molecule has 3 aromatic rings. The molecule has 0 atom stereocenters. The zero-order valence-corrected chi connectivity index (χ0v) is 15.0. The third-order valence-electron chi connectivity index (χ3n) is 4.23. The first-order chi connectivity index (χ1) is 12.6. The van der Waals surface area contributed by atoms with Crippen LogP contribution in [0, 0.1) is 13.8 Å². The van der Waals surface area contributed by atoms with Gasteiger partial charge in [0.05, 0.1) is 26.1 Å². The van der Waals surface area contributed by atoms with E-state index >= 15 is 0 Å². The minimum Gasteiger partial charge on any atom is -0.497 e. The van der Waals surface area contributed by atoms with Gasteiger partial charge < -0.3 is 13.7 Å². The molecule has 1 aromatic carbocycles. The van der Waals surface area contributed by atoms with E-state index in [4.69, 9.17) is 9.15 Å². The van der Waals surface area contributed by atoms with Crippen LogP contribution in [0.15, 0.2) is 58.2 Å². The second-order valence-electron chi connectivity index (χ2n) is 5.92. The number of hydrogen-bond acceptors (Lipinski definition) is 4. The number of carbonyl (C=O) groups excluding carboxylic acids is 1. The van der Waals surface area contributed by atoms with E-state index in [0.717, 1.165) is 22.7 Å². The number of aryl methyl sites for hydroxylation is 1. The van der Waals surface area contributed by atoms with Gasteiger partial charge in [0.15, 0.2) is 0 Å². The standard InChI is InChI=1S/C20H21N3O3/c1-14-11-17(15(2)23(14)13-19-5-4-10-26-19)12-21-22-20(24)16-6-8-18(25-3)9-7-16/h4-12H,13H2,1-3H3,(H,22,24)/b21-12-. The Hall–Kier alpha value is -3.28. The monoisotopic (exact) mass is 351 g/mol. The Labute approximate surface area is 152 Å². The SMILES string of the molecule is COc1ccc(C(=O)N/N=C\c2cc(C)n(Cc3ccco3)c2C)cc1. The van der Waals surface area contributed by atoms with Gasteiger partial charge in [0.1, 0.15) is 11.5 Å². The Balaban J connectivity index is 1.67. The van der Waals surface area contributed by atoms with Crippen LogP contribution < -0.4 is 10.2 Å². The highest BCUT2D eigenvalue weighted by molar-refractivity contribution is 5.95. The summed E-state index contributed by atoms with van der Waals surface area (Å²) in [7, 11) is 1.59. The quantitative estimate of drug-likeness (QED) is 0.546. The number of hydrogen-bond donors (Lipinski definition) is 1. The number of benzene rings is 1. The molecule has 1 amide bonds. The van der Waals surface area contributed by atoms with Crippen LogP contribution >= 0.6 is 0 Å². The molecule has 0 radical (unpaired) electrons. The van der Waals surface area contributed by atoms with Gasteiger partial charge in [-0.3, -0.25) is 4.79 Å². The number of methoxy groups -OCH3 is 1. The summed E-state index contributed by atoms with van der Waals surface area (Å²) in [6.45, 7) is 4.71. The maximum atomic E-state index is 12.1. The lowest BCUT2D eigenvalue weighted by Gasteiger charge is -2.07. The molecule has 0 spiro atoms. The third-order valence-corrected chi connectivity index (χ3v) is 4.23. The molecule has 0 fully saturated rings. The molecule has 26 heavy (non-hydrogen) atoms.